The van der Waals surface area contributed by atoms with E-state index in [4.69, 9.17) is 0 Å². The highest BCUT2D eigenvalue weighted by molar-refractivity contribution is 4.92. The van der Waals surface area contributed by atoms with Crippen LogP contribution in [0.4, 0.5) is 0 Å². The van der Waals surface area contributed by atoms with Crippen LogP contribution in [0.5, 0.6) is 0 Å². The summed E-state index contributed by atoms with van der Waals surface area (Å²) in [5.74, 6) is 1.07. The minimum atomic E-state index is 0.384. The molecule has 0 aromatic heterocycles. The summed E-state index contributed by atoms with van der Waals surface area (Å²) in [6.07, 6.45) is 7.10. The highest BCUT2D eigenvalue weighted by Crippen LogP contribution is 2.33. The van der Waals surface area contributed by atoms with E-state index in [1.807, 2.05) is 0 Å². The lowest BCUT2D eigenvalue weighted by molar-refractivity contribution is 0.0787. The van der Waals surface area contributed by atoms with Gasteiger partial charge in [0.25, 0.3) is 0 Å². The summed E-state index contributed by atoms with van der Waals surface area (Å²) in [4.78, 5) is 2.79. The number of piperazine rings is 1. The Morgan fingerprint density at radius 1 is 1.17 bits per heavy atom. The normalized spacial score (nSPS) is 30.7. The Morgan fingerprint density at radius 3 is 2.44 bits per heavy atom. The summed E-state index contributed by atoms with van der Waals surface area (Å²) in [5, 5.41) is 3.79. The first-order valence-electron chi connectivity index (χ1n) is 7.98. The van der Waals surface area contributed by atoms with Gasteiger partial charge in [-0.15, -0.1) is 0 Å². The molecule has 18 heavy (non-hydrogen) atoms. The van der Waals surface area contributed by atoms with Crippen LogP contribution in [0.25, 0.3) is 0 Å². The van der Waals surface area contributed by atoms with E-state index >= 15 is 0 Å². The maximum Gasteiger partial charge on any atom is 0.0244 e. The molecule has 0 aromatic rings. The van der Waals surface area contributed by atoms with Crippen LogP contribution in [0.1, 0.15) is 59.8 Å². The van der Waals surface area contributed by atoms with E-state index in [0.29, 0.717) is 11.5 Å². The van der Waals surface area contributed by atoms with Crippen LogP contribution in [-0.4, -0.2) is 36.6 Å². The molecule has 1 aliphatic carbocycles. The number of nitrogens with zero attached hydrogens (tertiary/aromatic N) is 1. The Labute approximate surface area is 114 Å². The lowest BCUT2D eigenvalue weighted by atomic mass is 9.84. The minimum absolute atomic E-state index is 0.384. The van der Waals surface area contributed by atoms with E-state index in [1.54, 1.807) is 0 Å². The molecular formula is C16H32N2. The number of nitrogens with one attached hydrogen (secondary N) is 1. The van der Waals surface area contributed by atoms with Gasteiger partial charge in [-0.3, -0.25) is 4.90 Å². The van der Waals surface area contributed by atoms with Crippen LogP contribution in [0.2, 0.25) is 0 Å². The van der Waals surface area contributed by atoms with Crippen LogP contribution in [-0.2, 0) is 0 Å². The highest BCUT2D eigenvalue weighted by atomic mass is 15.2. The molecule has 0 radical (unpaired) electrons. The molecule has 2 aliphatic rings. The van der Waals surface area contributed by atoms with Gasteiger partial charge in [-0.05, 0) is 30.7 Å². The quantitative estimate of drug-likeness (QED) is 0.808. The molecule has 2 nitrogen and oxygen atoms in total. The Bertz CT molecular complexity index is 252. The fourth-order valence-corrected chi connectivity index (χ4v) is 3.08. The van der Waals surface area contributed by atoms with E-state index in [1.165, 1.54) is 51.7 Å². The fraction of sp³-hybridized carbons (Fsp3) is 1.00. The van der Waals surface area contributed by atoms with E-state index in [9.17, 15) is 0 Å². The van der Waals surface area contributed by atoms with E-state index in [2.05, 4.69) is 37.9 Å². The van der Waals surface area contributed by atoms with Crippen molar-refractivity contribution in [2.75, 3.05) is 19.6 Å². The molecule has 2 unspecified atom stereocenters. The summed E-state index contributed by atoms with van der Waals surface area (Å²) >= 11 is 0. The second kappa shape index (κ2) is 5.92. The smallest absolute Gasteiger partial charge is 0.0244 e. The van der Waals surface area contributed by atoms with Crippen molar-refractivity contribution >= 4 is 0 Å². The molecule has 2 rings (SSSR count). The third-order valence-corrected chi connectivity index (χ3v) is 4.72. The first kappa shape index (κ1) is 14.3. The molecule has 0 spiro atoms. The van der Waals surface area contributed by atoms with Crippen molar-refractivity contribution < 1.29 is 0 Å². The zero-order valence-corrected chi connectivity index (χ0v) is 12.8. The molecule has 0 amide bonds. The summed E-state index contributed by atoms with van der Waals surface area (Å²) in [5.41, 5.74) is 0.384. The SMILES string of the molecule is CCCC1CNC(C(C)(C)C)CN1CCC1CC1. The molecule has 2 heteroatoms. The van der Waals surface area contributed by atoms with Crippen LogP contribution in [0, 0.1) is 11.3 Å². The summed E-state index contributed by atoms with van der Waals surface area (Å²) < 4.78 is 0. The molecule has 106 valence electrons. The molecule has 1 N–H and O–H groups in total. The summed E-state index contributed by atoms with van der Waals surface area (Å²) in [7, 11) is 0. The molecule has 1 aliphatic heterocycles. The zero-order chi connectivity index (χ0) is 13.2. The molecule has 0 bridgehead atoms. The van der Waals surface area contributed by atoms with Gasteiger partial charge < -0.3 is 5.32 Å². The molecule has 2 fully saturated rings. The fourth-order valence-electron chi connectivity index (χ4n) is 3.08. The van der Waals surface area contributed by atoms with Gasteiger partial charge in [0, 0.05) is 25.2 Å². The Balaban J connectivity index is 1.88. The van der Waals surface area contributed by atoms with Crippen molar-refractivity contribution in [1.29, 1.82) is 0 Å². The van der Waals surface area contributed by atoms with Crippen molar-refractivity contribution in [3.63, 3.8) is 0 Å². The van der Waals surface area contributed by atoms with Gasteiger partial charge in [0.1, 0.15) is 0 Å². The van der Waals surface area contributed by atoms with Crippen LogP contribution in [0.15, 0.2) is 0 Å². The first-order chi connectivity index (χ1) is 8.50. The molecular weight excluding hydrogens is 220 g/mol. The van der Waals surface area contributed by atoms with Crippen LogP contribution >= 0.6 is 0 Å². The van der Waals surface area contributed by atoms with Gasteiger partial charge in [0.2, 0.25) is 0 Å². The van der Waals surface area contributed by atoms with Gasteiger partial charge in [-0.25, -0.2) is 0 Å². The molecule has 1 saturated carbocycles. The molecule has 1 saturated heterocycles. The third-order valence-electron chi connectivity index (χ3n) is 4.72. The third kappa shape index (κ3) is 3.96. The van der Waals surface area contributed by atoms with Gasteiger partial charge in [-0.2, -0.15) is 0 Å². The van der Waals surface area contributed by atoms with Gasteiger partial charge in [-0.1, -0.05) is 47.0 Å². The number of hydrogen-bond acceptors (Lipinski definition) is 2. The van der Waals surface area contributed by atoms with Crippen LogP contribution < -0.4 is 5.32 Å². The average molecular weight is 252 g/mol. The standard InChI is InChI=1S/C16H32N2/c1-5-6-14-11-17-15(16(2,3)4)12-18(14)10-9-13-7-8-13/h13-15,17H,5-12H2,1-4H3. The molecule has 2 atom stereocenters. The highest BCUT2D eigenvalue weighted by Gasteiger charge is 2.34. The lowest BCUT2D eigenvalue weighted by Crippen LogP contribution is -2.60. The van der Waals surface area contributed by atoms with E-state index in [0.717, 1.165) is 12.0 Å². The van der Waals surface area contributed by atoms with Crippen molar-refractivity contribution in [2.45, 2.75) is 71.9 Å². The maximum atomic E-state index is 3.79. The van der Waals surface area contributed by atoms with Gasteiger partial charge in [0.05, 0.1) is 0 Å². The Morgan fingerprint density at radius 2 is 1.89 bits per heavy atom. The van der Waals surface area contributed by atoms with Crippen molar-refractivity contribution in [1.82, 2.24) is 10.2 Å². The summed E-state index contributed by atoms with van der Waals surface area (Å²) in [6, 6.07) is 1.44. The zero-order valence-electron chi connectivity index (χ0n) is 12.8. The Hall–Kier alpha value is -0.0800. The maximum absolute atomic E-state index is 3.79. The van der Waals surface area contributed by atoms with Gasteiger partial charge >= 0.3 is 0 Å². The van der Waals surface area contributed by atoms with Crippen molar-refractivity contribution in [3.8, 4) is 0 Å². The first-order valence-corrected chi connectivity index (χ1v) is 7.98. The predicted octanol–water partition coefficient (Wildman–Crippen LogP) is 3.28. The number of hydrogen-bond donors (Lipinski definition) is 1. The number of rotatable bonds is 5. The van der Waals surface area contributed by atoms with E-state index in [-0.39, 0.29) is 0 Å². The summed E-state index contributed by atoms with van der Waals surface area (Å²) in [6.45, 7) is 13.2. The monoisotopic (exact) mass is 252 g/mol. The topological polar surface area (TPSA) is 15.3 Å². The predicted molar refractivity (Wildman–Crippen MR) is 78.9 cm³/mol. The largest absolute Gasteiger partial charge is 0.311 e. The average Bonchev–Trinajstić information content (AvgIpc) is 3.10. The minimum Gasteiger partial charge on any atom is -0.311 e. The van der Waals surface area contributed by atoms with Crippen molar-refractivity contribution in [3.05, 3.63) is 0 Å². The second-order valence-corrected chi connectivity index (χ2v) is 7.50. The molecule has 0 aromatic carbocycles. The molecule has 1 heterocycles. The van der Waals surface area contributed by atoms with Crippen molar-refractivity contribution in [2.24, 2.45) is 11.3 Å². The van der Waals surface area contributed by atoms with E-state index < -0.39 is 0 Å². The lowest BCUT2D eigenvalue weighted by Gasteiger charge is -2.45. The Kier molecular flexibility index (Phi) is 4.71. The van der Waals surface area contributed by atoms with Gasteiger partial charge in [0.15, 0.2) is 0 Å². The van der Waals surface area contributed by atoms with Crippen LogP contribution in [0.3, 0.4) is 0 Å². The second-order valence-electron chi connectivity index (χ2n) is 7.50.